The molecule has 0 aromatic heterocycles. The van der Waals surface area contributed by atoms with Crippen molar-refractivity contribution in [3.05, 3.63) is 12.3 Å². The number of hydrogen-bond donors (Lipinski definition) is 1. The molecule has 8 heavy (non-hydrogen) atoms. The summed E-state index contributed by atoms with van der Waals surface area (Å²) in [6.45, 7) is 4.42. The van der Waals surface area contributed by atoms with Crippen LogP contribution in [-0.4, -0.2) is 10.5 Å². The lowest BCUT2D eigenvalue weighted by Gasteiger charge is -1.92. The second kappa shape index (κ2) is 6.30. The van der Waals surface area contributed by atoms with Gasteiger partial charge in [0.15, 0.2) is 0 Å². The zero-order valence-electron chi connectivity index (χ0n) is 4.35. The quantitative estimate of drug-likeness (QED) is 0.397. The van der Waals surface area contributed by atoms with E-state index in [9.17, 15) is 5.11 Å². The first kappa shape index (κ1) is 10.3. The van der Waals surface area contributed by atoms with Crippen LogP contribution in [0.3, 0.4) is 0 Å². The first-order valence-electron chi connectivity index (χ1n) is 1.67. The Hall–Kier alpha value is -0.700. The second-order valence-corrected chi connectivity index (χ2v) is 1.28. The molecule has 0 rings (SSSR count). The number of hydrogen-bond acceptors (Lipinski definition) is 2. The van der Waals surface area contributed by atoms with Gasteiger partial charge in [-0.15, -0.1) is 12.3 Å². The van der Waals surface area contributed by atoms with Crippen LogP contribution in [0.4, 0.5) is 4.79 Å². The molecule has 0 bridgehead atoms. The van der Waals surface area contributed by atoms with Gasteiger partial charge in [-0.05, 0) is 0 Å². The Labute approximate surface area is 52.2 Å². The smallest absolute Gasteiger partial charge is 0.401 e. The van der Waals surface area contributed by atoms with E-state index in [2.05, 4.69) is 18.2 Å². The number of carboxylic acid groups (broad SMARTS) is 1. The lowest BCUT2D eigenvalue weighted by atomic mass is 10.7. The van der Waals surface area contributed by atoms with Crippen LogP contribution in [0, 0.1) is 0 Å². The molecule has 0 aliphatic heterocycles. The van der Waals surface area contributed by atoms with Gasteiger partial charge in [0.05, 0.1) is 0 Å². The highest BCUT2D eigenvalue weighted by atomic mass is 35.5. The first-order valence-corrected chi connectivity index (χ1v) is 2.05. The Morgan fingerprint density at radius 2 is 1.88 bits per heavy atom. The maximum Gasteiger partial charge on any atom is 0.401 e. The molecule has 0 saturated heterocycles. The van der Waals surface area contributed by atoms with E-state index in [0.29, 0.717) is 0 Å². The topological polar surface area (TPSA) is 60.4 Å². The highest BCUT2D eigenvalue weighted by molar-refractivity contribution is 6.60. The predicted octanol–water partition coefficient (Wildman–Crippen LogP) is 0.783. The third-order valence-electron chi connectivity index (χ3n) is 0. The molecule has 0 amide bonds. The molecule has 0 heterocycles. The molecule has 0 aromatic rings. The fourth-order valence-corrected chi connectivity index (χ4v) is 0. The fourth-order valence-electron chi connectivity index (χ4n) is 0. The number of carbonyl (C=O) groups is 1. The lowest BCUT2D eigenvalue weighted by Crippen LogP contribution is -1.92. The fraction of sp³-hybridized carbons (Fsp3) is 0.250. The molecule has 0 saturated carbocycles. The van der Waals surface area contributed by atoms with E-state index in [1.807, 2.05) is 0 Å². The van der Waals surface area contributed by atoms with Crippen LogP contribution < -0.4 is 5.11 Å². The number of rotatable bonds is 0. The lowest BCUT2D eigenvalue weighted by molar-refractivity contribution is -0.300. The Morgan fingerprint density at radius 1 is 1.88 bits per heavy atom. The van der Waals surface area contributed by atoms with Crippen molar-refractivity contribution in [2.75, 3.05) is 0 Å². The van der Waals surface area contributed by atoms with Crippen LogP contribution in [0.1, 0.15) is 6.92 Å². The third kappa shape index (κ3) is 200. The molecule has 1 N–H and O–H groups in total. The largest absolute Gasteiger partial charge is 0.876 e. The summed E-state index contributed by atoms with van der Waals surface area (Å²) in [4.78, 5) is 8.77. The van der Waals surface area contributed by atoms with E-state index in [1.165, 1.54) is 6.92 Å². The summed E-state index contributed by atoms with van der Waals surface area (Å²) in [7, 11) is 0. The summed E-state index contributed by atoms with van der Waals surface area (Å²) in [5.74, 6) is -0.0833. The number of allylic oxidation sites excluding steroid dienone is 1. The van der Waals surface area contributed by atoms with Crippen LogP contribution in [0.2, 0.25) is 0 Å². The van der Waals surface area contributed by atoms with Crippen LogP contribution in [-0.2, 0) is 0 Å². The molecule has 0 spiro atoms. The Balaban J connectivity index is 0. The van der Waals surface area contributed by atoms with Gasteiger partial charge < -0.3 is 10.2 Å². The average molecular weight is 138 g/mol. The van der Waals surface area contributed by atoms with Crippen molar-refractivity contribution in [1.82, 2.24) is 0 Å². The van der Waals surface area contributed by atoms with E-state index < -0.39 is 5.43 Å². The third-order valence-corrected chi connectivity index (χ3v) is 0. The highest BCUT2D eigenvalue weighted by Crippen LogP contribution is 1.67. The van der Waals surface area contributed by atoms with Gasteiger partial charge in [0.25, 0.3) is 0 Å². The monoisotopic (exact) mass is 137 g/mol. The van der Waals surface area contributed by atoms with Gasteiger partial charge in [-0.1, -0.05) is 6.92 Å². The van der Waals surface area contributed by atoms with Crippen molar-refractivity contribution in [2.45, 2.75) is 6.92 Å². The van der Waals surface area contributed by atoms with E-state index >= 15 is 0 Å². The summed E-state index contributed by atoms with van der Waals surface area (Å²) in [6, 6.07) is 0. The molecular formula is C4H6ClO3-. The van der Waals surface area contributed by atoms with Crippen LogP contribution in [0.5, 0.6) is 0 Å². The summed E-state index contributed by atoms with van der Waals surface area (Å²) in [5, 5.41) is 16.5. The Morgan fingerprint density at radius 3 is 1.88 bits per heavy atom. The van der Waals surface area contributed by atoms with E-state index in [1.54, 1.807) is 0 Å². The molecule has 0 aliphatic carbocycles. The molecule has 48 valence electrons. The van der Waals surface area contributed by atoms with Gasteiger partial charge in [0.2, 0.25) is 0 Å². The van der Waals surface area contributed by atoms with Crippen molar-refractivity contribution in [3.63, 3.8) is 0 Å². The van der Waals surface area contributed by atoms with Crippen molar-refractivity contribution >= 4 is 17.0 Å². The van der Waals surface area contributed by atoms with Crippen molar-refractivity contribution in [2.24, 2.45) is 0 Å². The molecule has 0 aliphatic rings. The van der Waals surface area contributed by atoms with Crippen molar-refractivity contribution < 1.29 is 15.0 Å². The molecule has 4 heteroatoms. The van der Waals surface area contributed by atoms with Gasteiger partial charge in [-0.25, -0.2) is 4.79 Å². The zero-order valence-corrected chi connectivity index (χ0v) is 5.10. The average Bonchev–Trinajstić information content (AvgIpc) is 1.25. The summed E-state index contributed by atoms with van der Waals surface area (Å²) < 4.78 is 0. The van der Waals surface area contributed by atoms with Crippen molar-refractivity contribution in [1.29, 1.82) is 0 Å². The molecular weight excluding hydrogens is 131 g/mol. The van der Waals surface area contributed by atoms with E-state index in [0.717, 1.165) is 0 Å². The summed E-state index contributed by atoms with van der Waals surface area (Å²) >= 11 is 4.19. The molecule has 3 nitrogen and oxygen atoms in total. The Kier molecular flexibility index (Phi) is 8.12. The second-order valence-electron chi connectivity index (χ2n) is 0.955. The van der Waals surface area contributed by atoms with Gasteiger partial charge in [0, 0.05) is 11.6 Å². The normalized spacial score (nSPS) is 6.25. The van der Waals surface area contributed by atoms with Crippen molar-refractivity contribution in [3.8, 4) is 0 Å². The van der Waals surface area contributed by atoms with Gasteiger partial charge in [0.1, 0.15) is 0 Å². The predicted molar refractivity (Wildman–Crippen MR) is 28.7 cm³/mol. The zero-order chi connectivity index (χ0) is 7.15. The first-order chi connectivity index (χ1) is 3.46. The maximum atomic E-state index is 9.33. The minimum atomic E-state index is -1.36. The van der Waals surface area contributed by atoms with E-state index in [4.69, 9.17) is 9.90 Å². The van der Waals surface area contributed by atoms with Gasteiger partial charge in [-0.3, -0.25) is 0 Å². The summed E-state index contributed by atoms with van der Waals surface area (Å²) in [5.41, 5.74) is -1.36. The van der Waals surface area contributed by atoms with Gasteiger partial charge in [-0.2, -0.15) is 0 Å². The van der Waals surface area contributed by atoms with Crippen LogP contribution >= 0.6 is 11.6 Å². The highest BCUT2D eigenvalue weighted by Gasteiger charge is 1.71. The minimum Gasteiger partial charge on any atom is -0.876 e. The van der Waals surface area contributed by atoms with E-state index in [-0.39, 0.29) is 5.76 Å². The molecule has 0 atom stereocenters. The Bertz CT molecular complexity index is 69.3. The molecule has 0 aromatic carbocycles. The van der Waals surface area contributed by atoms with Gasteiger partial charge >= 0.3 is 5.43 Å². The molecule has 0 unspecified atom stereocenters. The molecule has 0 radical (unpaired) electrons. The maximum absolute atomic E-state index is 9.33. The standard InChI is InChI=1S/C3H6O.CHClO2/c1-3(2)4;2-1(3)4/h4H,1H2,2H3;(H,3,4)/p-1. The molecule has 0 fully saturated rings. The van der Waals surface area contributed by atoms with Crippen LogP contribution in [0.15, 0.2) is 12.3 Å². The van der Waals surface area contributed by atoms with Crippen LogP contribution in [0.25, 0.3) is 0 Å². The minimum absolute atomic E-state index is 0.0833. The summed E-state index contributed by atoms with van der Waals surface area (Å²) in [6.07, 6.45) is 0. The number of halogens is 1. The SMILES string of the molecule is C=C(C)[O-].O=C(O)Cl.